The van der Waals surface area contributed by atoms with E-state index in [1.54, 1.807) is 0 Å². The molecule has 0 aliphatic rings. The van der Waals surface area contributed by atoms with Crippen molar-refractivity contribution in [3.05, 3.63) is 29.8 Å². The zero-order valence-electron chi connectivity index (χ0n) is 12.4. The summed E-state index contributed by atoms with van der Waals surface area (Å²) in [6, 6.07) is 7.13. The van der Waals surface area contributed by atoms with Gasteiger partial charge in [0.25, 0.3) is 0 Å². The minimum Gasteiger partial charge on any atom is -0.468 e. The van der Waals surface area contributed by atoms with Gasteiger partial charge in [-0.1, -0.05) is 25.5 Å². The van der Waals surface area contributed by atoms with Gasteiger partial charge in [0.1, 0.15) is 6.04 Å². The second-order valence-corrected chi connectivity index (χ2v) is 5.67. The number of hydrogen-bond donors (Lipinski definition) is 2. The summed E-state index contributed by atoms with van der Waals surface area (Å²) in [6.07, 6.45) is 2.14. The average molecular weight is 310 g/mol. The Morgan fingerprint density at radius 1 is 1.33 bits per heavy atom. The van der Waals surface area contributed by atoms with Crippen molar-refractivity contribution in [2.45, 2.75) is 25.8 Å². The molecular formula is C15H22N2O3S. The molecule has 0 heterocycles. The number of methoxy groups -OCH3 is 1. The van der Waals surface area contributed by atoms with Crippen LogP contribution >= 0.6 is 11.8 Å². The van der Waals surface area contributed by atoms with Crippen LogP contribution in [0.25, 0.3) is 0 Å². The molecule has 1 atom stereocenters. The summed E-state index contributed by atoms with van der Waals surface area (Å²) in [5, 5.41) is 2.81. The van der Waals surface area contributed by atoms with Crippen LogP contribution in [0, 0.1) is 0 Å². The van der Waals surface area contributed by atoms with Crippen molar-refractivity contribution in [1.29, 1.82) is 0 Å². The van der Waals surface area contributed by atoms with Crippen LogP contribution < -0.4 is 11.1 Å². The number of amides is 1. The maximum atomic E-state index is 11.8. The summed E-state index contributed by atoms with van der Waals surface area (Å²) in [4.78, 5) is 22.9. The van der Waals surface area contributed by atoms with Gasteiger partial charge in [0.2, 0.25) is 5.91 Å². The minimum atomic E-state index is -0.693. The minimum absolute atomic E-state index is 0.111. The molecule has 1 rings (SSSR count). The Morgan fingerprint density at radius 2 is 2.00 bits per heavy atom. The topological polar surface area (TPSA) is 81.4 Å². The third-order valence-electron chi connectivity index (χ3n) is 2.81. The number of anilines is 1. The van der Waals surface area contributed by atoms with Gasteiger partial charge in [0, 0.05) is 11.4 Å². The number of thioether (sulfide) groups is 1. The summed E-state index contributed by atoms with van der Waals surface area (Å²) in [5.74, 6) is 0.0337. The largest absolute Gasteiger partial charge is 0.468 e. The third-order valence-corrected chi connectivity index (χ3v) is 3.87. The molecule has 1 aromatic rings. The first-order chi connectivity index (χ1) is 10.1. The molecule has 1 aromatic carbocycles. The number of rotatable bonds is 8. The van der Waals surface area contributed by atoms with Gasteiger partial charge in [-0.3, -0.25) is 9.59 Å². The zero-order valence-corrected chi connectivity index (χ0v) is 13.2. The van der Waals surface area contributed by atoms with Crippen LogP contribution in [0.3, 0.4) is 0 Å². The Bertz CT molecular complexity index is 462. The number of hydrogen-bond acceptors (Lipinski definition) is 5. The quantitative estimate of drug-likeness (QED) is 0.716. The van der Waals surface area contributed by atoms with Crippen molar-refractivity contribution < 1.29 is 14.3 Å². The average Bonchev–Trinajstić information content (AvgIpc) is 2.48. The third kappa shape index (κ3) is 6.64. The smallest absolute Gasteiger partial charge is 0.323 e. The van der Waals surface area contributed by atoms with Crippen LogP contribution in [0.1, 0.15) is 18.9 Å². The van der Waals surface area contributed by atoms with Gasteiger partial charge in [-0.15, -0.1) is 11.8 Å². The molecule has 5 nitrogen and oxygen atoms in total. The molecule has 0 fully saturated rings. The van der Waals surface area contributed by atoms with E-state index in [1.807, 2.05) is 24.3 Å². The summed E-state index contributed by atoms with van der Waals surface area (Å²) >= 11 is 1.31. The van der Waals surface area contributed by atoms with E-state index in [-0.39, 0.29) is 11.7 Å². The predicted molar refractivity (Wildman–Crippen MR) is 86.4 cm³/mol. The Hall–Kier alpha value is -1.53. The lowest BCUT2D eigenvalue weighted by Crippen LogP contribution is -2.34. The Labute approximate surface area is 129 Å². The molecule has 0 spiro atoms. The highest BCUT2D eigenvalue weighted by molar-refractivity contribution is 8.00. The normalized spacial score (nSPS) is 11.8. The number of nitrogens with one attached hydrogen (secondary N) is 1. The summed E-state index contributed by atoms with van der Waals surface area (Å²) in [6.45, 7) is 2.13. The van der Waals surface area contributed by atoms with Crippen molar-refractivity contribution in [2.75, 3.05) is 23.9 Å². The Morgan fingerprint density at radius 3 is 2.57 bits per heavy atom. The highest BCUT2D eigenvalue weighted by Crippen LogP contribution is 2.12. The molecule has 1 unspecified atom stereocenters. The fraction of sp³-hybridized carbons (Fsp3) is 0.467. The maximum absolute atomic E-state index is 11.8. The lowest BCUT2D eigenvalue weighted by atomic mass is 10.1. The maximum Gasteiger partial charge on any atom is 0.323 e. The molecule has 21 heavy (non-hydrogen) atoms. The molecule has 0 saturated carbocycles. The number of aryl methyl sites for hydroxylation is 1. The second kappa shape index (κ2) is 9.41. The van der Waals surface area contributed by atoms with Crippen LogP contribution in [0.5, 0.6) is 0 Å². The number of ether oxygens (including phenoxy) is 1. The summed E-state index contributed by atoms with van der Waals surface area (Å²) in [7, 11) is 1.29. The zero-order chi connectivity index (χ0) is 15.7. The molecule has 6 heteroatoms. The van der Waals surface area contributed by atoms with Crippen molar-refractivity contribution in [3.8, 4) is 0 Å². The van der Waals surface area contributed by atoms with E-state index >= 15 is 0 Å². The van der Waals surface area contributed by atoms with Gasteiger partial charge >= 0.3 is 5.97 Å². The fourth-order valence-corrected chi connectivity index (χ4v) is 2.50. The molecule has 0 saturated heterocycles. The van der Waals surface area contributed by atoms with Gasteiger partial charge in [0.05, 0.1) is 12.9 Å². The van der Waals surface area contributed by atoms with Crippen LogP contribution in [0.15, 0.2) is 24.3 Å². The Kier molecular flexibility index (Phi) is 7.85. The van der Waals surface area contributed by atoms with E-state index in [0.29, 0.717) is 5.75 Å². The molecular weight excluding hydrogens is 288 g/mol. The lowest BCUT2D eigenvalue weighted by molar-refractivity contribution is -0.141. The van der Waals surface area contributed by atoms with E-state index < -0.39 is 12.0 Å². The first-order valence-electron chi connectivity index (χ1n) is 6.86. The number of benzene rings is 1. The van der Waals surface area contributed by atoms with Gasteiger partial charge in [0.15, 0.2) is 0 Å². The molecule has 0 aliphatic heterocycles. The first kappa shape index (κ1) is 17.5. The van der Waals surface area contributed by atoms with E-state index in [0.717, 1.165) is 18.5 Å². The second-order valence-electron chi connectivity index (χ2n) is 4.64. The molecule has 0 aliphatic carbocycles. The molecule has 3 N–H and O–H groups in total. The number of esters is 1. The summed E-state index contributed by atoms with van der Waals surface area (Å²) in [5.41, 5.74) is 7.62. The summed E-state index contributed by atoms with van der Waals surface area (Å²) < 4.78 is 4.52. The van der Waals surface area contributed by atoms with E-state index in [1.165, 1.54) is 24.4 Å². The predicted octanol–water partition coefficient (Wildman–Crippen LogP) is 1.81. The van der Waals surface area contributed by atoms with Crippen molar-refractivity contribution in [2.24, 2.45) is 5.73 Å². The van der Waals surface area contributed by atoms with Gasteiger partial charge < -0.3 is 15.8 Å². The number of carbonyl (C=O) groups excluding carboxylic acids is 2. The van der Waals surface area contributed by atoms with Crippen LogP contribution in [-0.2, 0) is 20.7 Å². The monoisotopic (exact) mass is 310 g/mol. The first-order valence-corrected chi connectivity index (χ1v) is 8.02. The van der Waals surface area contributed by atoms with E-state index in [2.05, 4.69) is 17.0 Å². The van der Waals surface area contributed by atoms with Gasteiger partial charge in [-0.25, -0.2) is 0 Å². The molecule has 116 valence electrons. The van der Waals surface area contributed by atoms with Crippen molar-refractivity contribution in [3.63, 3.8) is 0 Å². The van der Waals surface area contributed by atoms with Crippen molar-refractivity contribution >= 4 is 29.3 Å². The van der Waals surface area contributed by atoms with E-state index in [9.17, 15) is 9.59 Å². The van der Waals surface area contributed by atoms with Crippen LogP contribution in [0.4, 0.5) is 5.69 Å². The molecule has 0 radical (unpaired) electrons. The van der Waals surface area contributed by atoms with E-state index in [4.69, 9.17) is 5.73 Å². The molecule has 1 amide bonds. The standard InChI is InChI=1S/C15H22N2O3S/c1-3-4-11-5-7-12(8-6-11)17-14(18)10-21-9-13(16)15(19)20-2/h5-8,13H,3-4,9-10,16H2,1-2H3,(H,17,18). The SMILES string of the molecule is CCCc1ccc(NC(=O)CSCC(N)C(=O)OC)cc1. The van der Waals surface area contributed by atoms with Crippen LogP contribution in [0.2, 0.25) is 0 Å². The van der Waals surface area contributed by atoms with Crippen LogP contribution in [-0.4, -0.2) is 36.5 Å². The van der Waals surface area contributed by atoms with Gasteiger partial charge in [-0.2, -0.15) is 0 Å². The molecule has 0 bridgehead atoms. The van der Waals surface area contributed by atoms with Crippen molar-refractivity contribution in [1.82, 2.24) is 0 Å². The van der Waals surface area contributed by atoms with Gasteiger partial charge in [-0.05, 0) is 24.1 Å². The highest BCUT2D eigenvalue weighted by Gasteiger charge is 2.14. The number of nitrogens with two attached hydrogens (primary N) is 1. The number of carbonyl (C=O) groups is 2. The lowest BCUT2D eigenvalue weighted by Gasteiger charge is -2.09. The molecule has 0 aromatic heterocycles. The Balaban J connectivity index is 2.31. The fourth-order valence-electron chi connectivity index (χ4n) is 1.74. The highest BCUT2D eigenvalue weighted by atomic mass is 32.2.